The van der Waals surface area contributed by atoms with Crippen molar-refractivity contribution in [3.8, 4) is 5.75 Å². The maximum atomic E-state index is 12.1. The molecule has 0 spiro atoms. The molecule has 1 heterocycles. The molecule has 0 fully saturated rings. The monoisotopic (exact) mass is 388 g/mol. The Bertz CT molecular complexity index is 771. The van der Waals surface area contributed by atoms with Crippen LogP contribution in [-0.4, -0.2) is 49.5 Å². The van der Waals surface area contributed by atoms with Crippen LogP contribution in [0, 0.1) is 0 Å². The fraction of sp³-hybridized carbons (Fsp3) is 0.350. The highest BCUT2D eigenvalue weighted by atomic mass is 16.5. The van der Waals surface area contributed by atoms with Crippen LogP contribution < -0.4 is 10.1 Å². The Morgan fingerprint density at radius 2 is 1.89 bits per heavy atom. The van der Waals surface area contributed by atoms with E-state index in [1.807, 2.05) is 31.2 Å². The standard InChI is InChI=1S/C20H24N2O6/c1-3-26-16-8-6-15(7-9-16)13-22(2)18(23)14-28-19(24)10-11-21-20(25)17-5-4-12-27-17/h4-9,12H,3,10-11,13-14H2,1-2H3,(H,21,25). The van der Waals surface area contributed by atoms with Gasteiger partial charge in [-0.05, 0) is 36.8 Å². The van der Waals surface area contributed by atoms with E-state index in [1.54, 1.807) is 13.1 Å². The van der Waals surface area contributed by atoms with Gasteiger partial charge in [-0.2, -0.15) is 0 Å². The number of carbonyl (C=O) groups is 3. The number of nitrogens with one attached hydrogen (secondary N) is 1. The number of furan rings is 1. The van der Waals surface area contributed by atoms with Crippen molar-refractivity contribution in [1.29, 1.82) is 0 Å². The van der Waals surface area contributed by atoms with E-state index in [-0.39, 0.29) is 31.2 Å². The summed E-state index contributed by atoms with van der Waals surface area (Å²) in [6.45, 7) is 2.64. The van der Waals surface area contributed by atoms with E-state index in [4.69, 9.17) is 13.9 Å². The number of hydrogen-bond acceptors (Lipinski definition) is 6. The predicted molar refractivity (Wildman–Crippen MR) is 101 cm³/mol. The molecule has 150 valence electrons. The number of rotatable bonds is 10. The second-order valence-electron chi connectivity index (χ2n) is 5.97. The van der Waals surface area contributed by atoms with Gasteiger partial charge in [-0.15, -0.1) is 0 Å². The summed E-state index contributed by atoms with van der Waals surface area (Å²) in [5.41, 5.74) is 0.936. The molecule has 1 aromatic carbocycles. The Kier molecular flexibility index (Phi) is 8.08. The van der Waals surface area contributed by atoms with Crippen molar-refractivity contribution >= 4 is 17.8 Å². The number of amides is 2. The molecule has 0 unspecified atom stereocenters. The van der Waals surface area contributed by atoms with Crippen LogP contribution in [0.4, 0.5) is 0 Å². The van der Waals surface area contributed by atoms with Crippen LogP contribution in [-0.2, 0) is 20.9 Å². The molecule has 0 atom stereocenters. The third-order valence-corrected chi connectivity index (χ3v) is 3.80. The quantitative estimate of drug-likeness (QED) is 0.625. The lowest BCUT2D eigenvalue weighted by atomic mass is 10.2. The van der Waals surface area contributed by atoms with Crippen molar-refractivity contribution in [2.45, 2.75) is 19.9 Å². The summed E-state index contributed by atoms with van der Waals surface area (Å²) in [7, 11) is 1.64. The molecule has 0 saturated heterocycles. The molecule has 0 radical (unpaired) electrons. The van der Waals surface area contributed by atoms with Gasteiger partial charge in [0.15, 0.2) is 12.4 Å². The van der Waals surface area contributed by atoms with Gasteiger partial charge in [0.2, 0.25) is 0 Å². The van der Waals surface area contributed by atoms with Crippen LogP contribution in [0.1, 0.15) is 29.5 Å². The second-order valence-corrected chi connectivity index (χ2v) is 5.97. The Hall–Kier alpha value is -3.29. The van der Waals surface area contributed by atoms with E-state index >= 15 is 0 Å². The minimum atomic E-state index is -0.567. The van der Waals surface area contributed by atoms with Crippen molar-refractivity contribution < 1.29 is 28.3 Å². The van der Waals surface area contributed by atoms with Crippen LogP contribution in [0.15, 0.2) is 47.1 Å². The van der Waals surface area contributed by atoms with Gasteiger partial charge in [0.25, 0.3) is 11.8 Å². The number of esters is 1. The molecular formula is C20H24N2O6. The molecule has 0 aliphatic heterocycles. The zero-order chi connectivity index (χ0) is 20.4. The molecule has 28 heavy (non-hydrogen) atoms. The number of hydrogen-bond donors (Lipinski definition) is 1. The van der Waals surface area contributed by atoms with E-state index in [0.29, 0.717) is 13.2 Å². The molecule has 8 nitrogen and oxygen atoms in total. The molecule has 2 aromatic rings. The van der Waals surface area contributed by atoms with Crippen molar-refractivity contribution in [2.24, 2.45) is 0 Å². The number of nitrogens with zero attached hydrogens (tertiary/aromatic N) is 1. The molecule has 2 rings (SSSR count). The fourth-order valence-electron chi connectivity index (χ4n) is 2.32. The molecule has 0 aliphatic carbocycles. The topological polar surface area (TPSA) is 98.1 Å². The van der Waals surface area contributed by atoms with Gasteiger partial charge < -0.3 is 24.1 Å². The lowest BCUT2D eigenvalue weighted by molar-refractivity contribution is -0.151. The van der Waals surface area contributed by atoms with Crippen LogP contribution >= 0.6 is 0 Å². The maximum Gasteiger partial charge on any atom is 0.308 e. The second kappa shape index (κ2) is 10.8. The third-order valence-electron chi connectivity index (χ3n) is 3.80. The number of likely N-dealkylation sites (N-methyl/N-ethyl adjacent to an activating group) is 1. The van der Waals surface area contributed by atoms with Crippen LogP contribution in [0.25, 0.3) is 0 Å². The molecule has 1 aromatic heterocycles. The first-order valence-electron chi connectivity index (χ1n) is 8.92. The summed E-state index contributed by atoms with van der Waals surface area (Å²) in [5.74, 6) is -0.360. The third kappa shape index (κ3) is 6.79. The molecule has 0 aliphatic rings. The van der Waals surface area contributed by atoms with Crippen molar-refractivity contribution in [3.63, 3.8) is 0 Å². The largest absolute Gasteiger partial charge is 0.494 e. The molecular weight excluding hydrogens is 364 g/mol. The molecule has 8 heteroatoms. The first kappa shape index (κ1) is 21.0. The van der Waals surface area contributed by atoms with Gasteiger partial charge >= 0.3 is 5.97 Å². The van der Waals surface area contributed by atoms with E-state index in [1.165, 1.54) is 17.2 Å². The maximum absolute atomic E-state index is 12.1. The number of benzene rings is 1. The normalized spacial score (nSPS) is 10.2. The highest BCUT2D eigenvalue weighted by Gasteiger charge is 2.13. The first-order chi connectivity index (χ1) is 13.5. The van der Waals surface area contributed by atoms with Crippen molar-refractivity contribution in [2.75, 3.05) is 26.8 Å². The minimum absolute atomic E-state index is 0.0394. The zero-order valence-corrected chi connectivity index (χ0v) is 16.0. The SMILES string of the molecule is CCOc1ccc(CN(C)C(=O)COC(=O)CCNC(=O)c2ccco2)cc1. The molecule has 0 bridgehead atoms. The fourth-order valence-corrected chi connectivity index (χ4v) is 2.32. The van der Waals surface area contributed by atoms with Crippen molar-refractivity contribution in [1.82, 2.24) is 10.2 Å². The predicted octanol–water partition coefficient (Wildman–Crippen LogP) is 2.00. The van der Waals surface area contributed by atoms with Crippen LogP contribution in [0.2, 0.25) is 0 Å². The van der Waals surface area contributed by atoms with Crippen molar-refractivity contribution in [3.05, 3.63) is 54.0 Å². The lowest BCUT2D eigenvalue weighted by Gasteiger charge is -2.17. The Balaban J connectivity index is 1.66. The van der Waals surface area contributed by atoms with Gasteiger partial charge in [-0.25, -0.2) is 0 Å². The summed E-state index contributed by atoms with van der Waals surface area (Å²) in [6, 6.07) is 10.6. The summed E-state index contributed by atoms with van der Waals surface area (Å²) >= 11 is 0. The molecule has 2 amide bonds. The average Bonchev–Trinajstić information content (AvgIpc) is 3.22. The average molecular weight is 388 g/mol. The summed E-state index contributed by atoms with van der Waals surface area (Å²) in [4.78, 5) is 36.9. The summed E-state index contributed by atoms with van der Waals surface area (Å²) in [6.07, 6.45) is 1.35. The van der Waals surface area contributed by atoms with E-state index in [9.17, 15) is 14.4 Å². The number of carbonyl (C=O) groups excluding carboxylic acids is 3. The van der Waals surface area contributed by atoms with Gasteiger partial charge in [0, 0.05) is 20.1 Å². The van der Waals surface area contributed by atoms with Gasteiger partial charge in [-0.3, -0.25) is 14.4 Å². The minimum Gasteiger partial charge on any atom is -0.494 e. The first-order valence-corrected chi connectivity index (χ1v) is 8.92. The van der Waals surface area contributed by atoms with Gasteiger partial charge in [0.1, 0.15) is 5.75 Å². The van der Waals surface area contributed by atoms with Gasteiger partial charge in [-0.1, -0.05) is 12.1 Å². The van der Waals surface area contributed by atoms with E-state index in [0.717, 1.165) is 11.3 Å². The smallest absolute Gasteiger partial charge is 0.308 e. The summed E-state index contributed by atoms with van der Waals surface area (Å²) < 4.78 is 15.3. The van der Waals surface area contributed by atoms with E-state index in [2.05, 4.69) is 5.32 Å². The zero-order valence-electron chi connectivity index (χ0n) is 16.0. The Labute approximate surface area is 163 Å². The van der Waals surface area contributed by atoms with Crippen LogP contribution in [0.3, 0.4) is 0 Å². The highest BCUT2D eigenvalue weighted by Crippen LogP contribution is 2.13. The van der Waals surface area contributed by atoms with E-state index < -0.39 is 11.9 Å². The van der Waals surface area contributed by atoms with Crippen LogP contribution in [0.5, 0.6) is 5.75 Å². The lowest BCUT2D eigenvalue weighted by Crippen LogP contribution is -2.31. The molecule has 1 N–H and O–H groups in total. The summed E-state index contributed by atoms with van der Waals surface area (Å²) in [5, 5.41) is 2.53. The number of ether oxygens (including phenoxy) is 2. The Morgan fingerprint density at radius 1 is 1.14 bits per heavy atom. The highest BCUT2D eigenvalue weighted by molar-refractivity contribution is 5.91. The van der Waals surface area contributed by atoms with Gasteiger partial charge in [0.05, 0.1) is 19.3 Å². The Morgan fingerprint density at radius 3 is 2.54 bits per heavy atom. The molecule has 0 saturated carbocycles.